The summed E-state index contributed by atoms with van der Waals surface area (Å²) in [4.78, 5) is 38.0. The summed E-state index contributed by atoms with van der Waals surface area (Å²) < 4.78 is 14.3. The first-order chi connectivity index (χ1) is 18.5. The zero-order valence-corrected chi connectivity index (χ0v) is 21.2. The van der Waals surface area contributed by atoms with Crippen LogP contribution in [0.5, 0.6) is 0 Å². The van der Waals surface area contributed by atoms with Gasteiger partial charge in [-0.2, -0.15) is 0 Å². The molecule has 3 aromatic carbocycles. The average Bonchev–Trinajstić information content (AvgIpc) is 2.96. The number of hydrogen-bond donors (Lipinski definition) is 2. The highest BCUT2D eigenvalue weighted by Crippen LogP contribution is 2.26. The molecule has 1 saturated heterocycles. The zero-order chi connectivity index (χ0) is 26.5. The second-order valence-corrected chi connectivity index (χ2v) is 9.13. The van der Waals surface area contributed by atoms with Crippen LogP contribution in [0.4, 0.5) is 16.0 Å². The largest absolute Gasteiger partial charge is 0.368 e. The molecule has 0 bridgehead atoms. The minimum Gasteiger partial charge on any atom is -0.368 e. The number of hydrogen-bond acceptors (Lipinski definition) is 6. The summed E-state index contributed by atoms with van der Waals surface area (Å²) in [6.07, 6.45) is 0. The Bertz CT molecular complexity index is 1450. The molecule has 0 radical (unpaired) electrons. The molecule has 0 spiro atoms. The Morgan fingerprint density at radius 3 is 2.32 bits per heavy atom. The number of nitrogens with one attached hydrogen (secondary N) is 2. The van der Waals surface area contributed by atoms with Gasteiger partial charge in [0.25, 0.3) is 5.91 Å². The Morgan fingerprint density at radius 2 is 1.58 bits per heavy atom. The molecular weight excluding hydrogens is 483 g/mol. The first-order valence-corrected chi connectivity index (χ1v) is 12.6. The van der Waals surface area contributed by atoms with Gasteiger partial charge in [0.2, 0.25) is 5.91 Å². The highest BCUT2D eigenvalue weighted by Gasteiger charge is 2.25. The van der Waals surface area contributed by atoms with E-state index >= 15 is 0 Å². The van der Waals surface area contributed by atoms with E-state index in [1.807, 2.05) is 47.4 Å². The number of aromatic nitrogens is 2. The molecule has 2 heterocycles. The van der Waals surface area contributed by atoms with Gasteiger partial charge in [-0.15, -0.1) is 0 Å². The van der Waals surface area contributed by atoms with E-state index in [1.54, 1.807) is 24.3 Å². The fourth-order valence-corrected chi connectivity index (χ4v) is 4.59. The number of anilines is 2. The van der Waals surface area contributed by atoms with Crippen LogP contribution in [0.15, 0.2) is 72.8 Å². The second-order valence-electron chi connectivity index (χ2n) is 9.13. The van der Waals surface area contributed by atoms with Gasteiger partial charge in [0.15, 0.2) is 5.82 Å². The molecule has 2 N–H and O–H groups in total. The van der Waals surface area contributed by atoms with Crippen molar-refractivity contribution in [2.24, 2.45) is 0 Å². The molecule has 1 aliphatic heterocycles. The summed E-state index contributed by atoms with van der Waals surface area (Å²) >= 11 is 0. The molecule has 1 aromatic heterocycles. The minimum absolute atomic E-state index is 0.0822. The van der Waals surface area contributed by atoms with Crippen molar-refractivity contribution < 1.29 is 14.0 Å². The highest BCUT2D eigenvalue weighted by atomic mass is 19.1. The number of fused-ring (bicyclic) bond motifs is 1. The fourth-order valence-electron chi connectivity index (χ4n) is 4.59. The molecule has 4 aromatic rings. The van der Waals surface area contributed by atoms with Gasteiger partial charge >= 0.3 is 0 Å². The molecule has 194 valence electrons. The van der Waals surface area contributed by atoms with Crippen LogP contribution in [-0.4, -0.2) is 66.0 Å². The van der Waals surface area contributed by atoms with Crippen molar-refractivity contribution in [3.8, 4) is 11.4 Å². The maximum Gasteiger partial charge on any atom is 0.254 e. The topological polar surface area (TPSA) is 90.5 Å². The van der Waals surface area contributed by atoms with E-state index in [1.165, 1.54) is 13.0 Å². The van der Waals surface area contributed by atoms with Crippen LogP contribution in [-0.2, 0) is 4.79 Å². The molecule has 2 amide bonds. The predicted octanol–water partition coefficient (Wildman–Crippen LogP) is 3.95. The number of rotatable bonds is 7. The first-order valence-electron chi connectivity index (χ1n) is 12.6. The lowest BCUT2D eigenvalue weighted by Crippen LogP contribution is -2.49. The predicted molar refractivity (Wildman–Crippen MR) is 147 cm³/mol. The molecule has 38 heavy (non-hydrogen) atoms. The Kier molecular flexibility index (Phi) is 7.44. The molecule has 1 fully saturated rings. The van der Waals surface area contributed by atoms with Gasteiger partial charge in [0.1, 0.15) is 17.5 Å². The van der Waals surface area contributed by atoms with Crippen LogP contribution < -0.4 is 15.5 Å². The van der Waals surface area contributed by atoms with E-state index in [9.17, 15) is 14.0 Å². The van der Waals surface area contributed by atoms with Crippen molar-refractivity contribution in [3.05, 3.63) is 84.2 Å². The number of amides is 2. The Morgan fingerprint density at radius 1 is 0.868 bits per heavy atom. The lowest BCUT2D eigenvalue weighted by Gasteiger charge is -2.35. The third-order valence-electron chi connectivity index (χ3n) is 6.54. The van der Waals surface area contributed by atoms with E-state index in [-0.39, 0.29) is 17.6 Å². The van der Waals surface area contributed by atoms with E-state index in [4.69, 9.17) is 4.98 Å². The van der Waals surface area contributed by atoms with Gasteiger partial charge in [-0.1, -0.05) is 54.6 Å². The highest BCUT2D eigenvalue weighted by molar-refractivity contribution is 6.07. The summed E-state index contributed by atoms with van der Waals surface area (Å²) in [5, 5.41) is 7.11. The molecule has 0 aliphatic carbocycles. The summed E-state index contributed by atoms with van der Waals surface area (Å²) in [7, 11) is 0. The standard InChI is InChI=1S/C29H29FN6O2/c1-20(37)31-13-14-32-26-19-27(34-28(33-26)21-7-3-2-4-8-21)35-15-17-36(18-16-35)29(38)24-11-12-25(30)23-10-6-5-9-22(23)24/h2-12,19H,13-18H2,1H3,(H,31,37)(H,32,33,34). The number of halogens is 1. The molecule has 8 nitrogen and oxygen atoms in total. The lowest BCUT2D eigenvalue weighted by atomic mass is 10.0. The normalized spacial score (nSPS) is 13.4. The van der Waals surface area contributed by atoms with Crippen molar-refractivity contribution in [1.82, 2.24) is 20.2 Å². The van der Waals surface area contributed by atoms with Crippen LogP contribution in [0.25, 0.3) is 22.2 Å². The van der Waals surface area contributed by atoms with E-state index in [0.29, 0.717) is 67.2 Å². The minimum atomic E-state index is -0.332. The van der Waals surface area contributed by atoms with Gasteiger partial charge in [-0.3, -0.25) is 9.59 Å². The van der Waals surface area contributed by atoms with Crippen molar-refractivity contribution in [2.75, 3.05) is 49.5 Å². The molecule has 5 rings (SSSR count). The van der Waals surface area contributed by atoms with Gasteiger partial charge in [0, 0.05) is 68.8 Å². The first kappa shape index (κ1) is 25.1. The molecule has 1 aliphatic rings. The molecular formula is C29H29FN6O2. The maximum absolute atomic E-state index is 14.3. The monoisotopic (exact) mass is 512 g/mol. The molecule has 0 atom stereocenters. The van der Waals surface area contributed by atoms with Crippen LogP contribution in [0.2, 0.25) is 0 Å². The van der Waals surface area contributed by atoms with Crippen molar-refractivity contribution in [1.29, 1.82) is 0 Å². The Hall–Kier alpha value is -4.53. The number of nitrogens with zero attached hydrogens (tertiary/aromatic N) is 4. The van der Waals surface area contributed by atoms with Crippen molar-refractivity contribution in [2.45, 2.75) is 6.92 Å². The SMILES string of the molecule is CC(=O)NCCNc1cc(N2CCN(C(=O)c3ccc(F)c4ccccc34)CC2)nc(-c2ccccc2)n1. The fraction of sp³-hybridized carbons (Fsp3) is 0.241. The molecule has 0 saturated carbocycles. The molecule has 9 heteroatoms. The van der Waals surface area contributed by atoms with Crippen molar-refractivity contribution in [3.63, 3.8) is 0 Å². The second kappa shape index (κ2) is 11.2. The summed E-state index contributed by atoms with van der Waals surface area (Å²) in [6, 6.07) is 21.6. The number of benzene rings is 3. The smallest absolute Gasteiger partial charge is 0.254 e. The van der Waals surface area contributed by atoms with Gasteiger partial charge in [0.05, 0.1) is 0 Å². The summed E-state index contributed by atoms with van der Waals surface area (Å²) in [6.45, 7) is 4.72. The number of carbonyl (C=O) groups excluding carboxylic acids is 2. The van der Waals surface area contributed by atoms with Crippen LogP contribution in [0, 0.1) is 5.82 Å². The van der Waals surface area contributed by atoms with Crippen LogP contribution >= 0.6 is 0 Å². The molecule has 0 unspecified atom stereocenters. The quantitative estimate of drug-likeness (QED) is 0.365. The third-order valence-corrected chi connectivity index (χ3v) is 6.54. The van der Waals surface area contributed by atoms with Crippen LogP contribution in [0.3, 0.4) is 0 Å². The van der Waals surface area contributed by atoms with Crippen molar-refractivity contribution >= 4 is 34.2 Å². The number of piperazine rings is 1. The third kappa shape index (κ3) is 5.56. The van der Waals surface area contributed by atoms with Gasteiger partial charge < -0.3 is 20.4 Å². The number of carbonyl (C=O) groups is 2. The van der Waals surface area contributed by atoms with Gasteiger partial charge in [-0.25, -0.2) is 14.4 Å². The van der Waals surface area contributed by atoms with E-state index < -0.39 is 0 Å². The lowest BCUT2D eigenvalue weighted by molar-refractivity contribution is -0.118. The maximum atomic E-state index is 14.3. The van der Waals surface area contributed by atoms with E-state index in [2.05, 4.69) is 20.5 Å². The average molecular weight is 513 g/mol. The van der Waals surface area contributed by atoms with E-state index in [0.717, 1.165) is 11.4 Å². The summed E-state index contributed by atoms with van der Waals surface area (Å²) in [5.41, 5.74) is 1.41. The van der Waals surface area contributed by atoms with Gasteiger partial charge in [-0.05, 0) is 17.5 Å². The van der Waals surface area contributed by atoms with Crippen LogP contribution in [0.1, 0.15) is 17.3 Å². The zero-order valence-electron chi connectivity index (χ0n) is 21.2. The summed E-state index contributed by atoms with van der Waals surface area (Å²) in [5.74, 6) is 1.51. The Labute approximate surface area is 220 Å². The Balaban J connectivity index is 1.33.